The molecule has 1 atom stereocenters. The van der Waals surface area contributed by atoms with Gasteiger partial charge in [-0.1, -0.05) is 36.0 Å². The number of amides is 2. The molecule has 0 aromatic heterocycles. The number of rotatable bonds is 3. The molecule has 0 N–H and O–H groups in total. The third-order valence-electron chi connectivity index (χ3n) is 4.38. The lowest BCUT2D eigenvalue weighted by Crippen LogP contribution is -2.42. The molecule has 0 bridgehead atoms. The number of hydrogen-bond acceptors (Lipinski definition) is 6. The van der Waals surface area contributed by atoms with Gasteiger partial charge in [-0.2, -0.15) is 0 Å². The molecule has 6 nitrogen and oxygen atoms in total. The maximum atomic E-state index is 12.7. The van der Waals surface area contributed by atoms with Crippen LogP contribution in [0.4, 0.5) is 11.4 Å². The zero-order valence-corrected chi connectivity index (χ0v) is 14.9. The number of nitrogens with zero attached hydrogens (tertiary/aromatic N) is 2. The molecule has 2 amide bonds. The van der Waals surface area contributed by atoms with E-state index in [1.807, 2.05) is 53.4 Å². The maximum Gasteiger partial charge on any atom is 0.355 e. The molecule has 0 spiro atoms. The Balaban J connectivity index is 1.67. The van der Waals surface area contributed by atoms with Crippen LogP contribution >= 0.6 is 11.8 Å². The van der Waals surface area contributed by atoms with Crippen LogP contribution in [0.1, 0.15) is 19.8 Å². The van der Waals surface area contributed by atoms with Crippen LogP contribution in [-0.2, 0) is 19.2 Å². The van der Waals surface area contributed by atoms with Gasteiger partial charge in [0.1, 0.15) is 6.04 Å². The van der Waals surface area contributed by atoms with Gasteiger partial charge in [0.25, 0.3) is 11.8 Å². The third-order valence-corrected chi connectivity index (χ3v) is 5.52. The molecule has 0 radical (unpaired) electrons. The SMILES string of the molecule is CC(C(=O)ON1C(=O)CCC1=O)N1c2ccccc2Sc2ccccc21. The molecule has 2 aromatic carbocycles. The highest BCUT2D eigenvalue weighted by atomic mass is 32.2. The number of benzene rings is 2. The van der Waals surface area contributed by atoms with E-state index in [-0.39, 0.29) is 12.8 Å². The van der Waals surface area contributed by atoms with Crippen LogP contribution in [0.15, 0.2) is 58.3 Å². The van der Waals surface area contributed by atoms with Gasteiger partial charge in [-0.3, -0.25) is 9.59 Å². The monoisotopic (exact) mass is 368 g/mol. The fraction of sp³-hybridized carbons (Fsp3) is 0.211. The van der Waals surface area contributed by atoms with Crippen LogP contribution in [0.5, 0.6) is 0 Å². The zero-order valence-electron chi connectivity index (χ0n) is 14.0. The van der Waals surface area contributed by atoms with Gasteiger partial charge < -0.3 is 9.74 Å². The Morgan fingerprint density at radius 1 is 0.962 bits per heavy atom. The fourth-order valence-corrected chi connectivity index (χ4v) is 4.15. The van der Waals surface area contributed by atoms with Gasteiger partial charge in [-0.25, -0.2) is 4.79 Å². The summed E-state index contributed by atoms with van der Waals surface area (Å²) < 4.78 is 0. The highest BCUT2D eigenvalue weighted by Gasteiger charge is 2.37. The number of imide groups is 1. The molecular weight excluding hydrogens is 352 g/mol. The van der Waals surface area contributed by atoms with Crippen LogP contribution in [-0.4, -0.2) is 28.9 Å². The van der Waals surface area contributed by atoms with E-state index in [0.29, 0.717) is 5.06 Å². The Kier molecular flexibility index (Phi) is 4.16. The van der Waals surface area contributed by atoms with E-state index < -0.39 is 23.8 Å². The second-order valence-corrected chi connectivity index (χ2v) is 7.16. The van der Waals surface area contributed by atoms with Crippen molar-refractivity contribution in [1.29, 1.82) is 0 Å². The molecule has 132 valence electrons. The van der Waals surface area contributed by atoms with Crippen molar-refractivity contribution in [2.45, 2.75) is 35.6 Å². The predicted molar refractivity (Wildman–Crippen MR) is 95.8 cm³/mol. The van der Waals surface area contributed by atoms with Crippen molar-refractivity contribution in [3.05, 3.63) is 48.5 Å². The van der Waals surface area contributed by atoms with E-state index in [4.69, 9.17) is 4.84 Å². The molecule has 7 heteroatoms. The predicted octanol–water partition coefficient (Wildman–Crippen LogP) is 3.29. The lowest BCUT2D eigenvalue weighted by Gasteiger charge is -2.36. The Hall–Kier alpha value is -2.80. The maximum absolute atomic E-state index is 12.7. The number of hydroxylamine groups is 2. The topological polar surface area (TPSA) is 66.9 Å². The standard InChI is InChI=1S/C19H16N2O4S/c1-12(19(24)25-21-17(22)10-11-18(21)23)20-13-6-2-4-8-15(13)26-16-9-5-3-7-14(16)20/h2-9,12H,10-11H2,1H3. The van der Waals surface area contributed by atoms with Gasteiger partial charge in [-0.05, 0) is 31.2 Å². The minimum absolute atomic E-state index is 0.0759. The Morgan fingerprint density at radius 2 is 1.46 bits per heavy atom. The molecule has 2 heterocycles. The second kappa shape index (κ2) is 6.49. The van der Waals surface area contributed by atoms with E-state index in [1.54, 1.807) is 18.7 Å². The first-order valence-corrected chi connectivity index (χ1v) is 9.10. The minimum atomic E-state index is -0.709. The number of carbonyl (C=O) groups is 3. The molecule has 1 unspecified atom stereocenters. The van der Waals surface area contributed by atoms with Crippen molar-refractivity contribution >= 4 is 40.9 Å². The first kappa shape index (κ1) is 16.7. The van der Waals surface area contributed by atoms with E-state index in [0.717, 1.165) is 21.2 Å². The van der Waals surface area contributed by atoms with Crippen molar-refractivity contribution in [3.63, 3.8) is 0 Å². The third kappa shape index (κ3) is 2.74. The summed E-state index contributed by atoms with van der Waals surface area (Å²) in [5, 5.41) is 0.593. The summed E-state index contributed by atoms with van der Waals surface area (Å²) in [6.45, 7) is 1.71. The summed E-state index contributed by atoms with van der Waals surface area (Å²) in [4.78, 5) is 45.2. The summed E-state index contributed by atoms with van der Waals surface area (Å²) in [6.07, 6.45) is 0.152. The number of carbonyl (C=O) groups excluding carboxylic acids is 3. The lowest BCUT2D eigenvalue weighted by molar-refractivity contribution is -0.198. The summed E-state index contributed by atoms with van der Waals surface area (Å²) in [5.74, 6) is -1.61. The van der Waals surface area contributed by atoms with E-state index in [2.05, 4.69) is 0 Å². The molecule has 2 aliphatic rings. The quantitative estimate of drug-likeness (QED) is 0.775. The molecular formula is C19H16N2O4S. The van der Waals surface area contributed by atoms with Gasteiger partial charge in [0.2, 0.25) is 0 Å². The highest BCUT2D eigenvalue weighted by Crippen LogP contribution is 2.48. The first-order chi connectivity index (χ1) is 12.6. The molecule has 2 aliphatic heterocycles. The number of fused-ring (bicyclic) bond motifs is 2. The second-order valence-electron chi connectivity index (χ2n) is 6.08. The summed E-state index contributed by atoms with van der Waals surface area (Å²) >= 11 is 1.64. The zero-order chi connectivity index (χ0) is 18.3. The Bertz CT molecular complexity index is 852. The number of hydrogen-bond donors (Lipinski definition) is 0. The molecule has 4 rings (SSSR count). The molecule has 1 fully saturated rings. The van der Waals surface area contributed by atoms with E-state index in [9.17, 15) is 14.4 Å². The normalized spacial score (nSPS) is 17.0. The molecule has 2 aromatic rings. The van der Waals surface area contributed by atoms with Crippen molar-refractivity contribution in [3.8, 4) is 0 Å². The van der Waals surface area contributed by atoms with Gasteiger partial charge in [0.15, 0.2) is 0 Å². The lowest BCUT2D eigenvalue weighted by atomic mass is 10.1. The van der Waals surface area contributed by atoms with Gasteiger partial charge in [0, 0.05) is 22.6 Å². The van der Waals surface area contributed by atoms with Crippen molar-refractivity contribution in [1.82, 2.24) is 5.06 Å². The number of para-hydroxylation sites is 2. The highest BCUT2D eigenvalue weighted by molar-refractivity contribution is 7.99. The molecule has 0 saturated carbocycles. The van der Waals surface area contributed by atoms with Crippen LogP contribution < -0.4 is 4.90 Å². The van der Waals surface area contributed by atoms with Crippen LogP contribution in [0.25, 0.3) is 0 Å². The van der Waals surface area contributed by atoms with Crippen molar-refractivity contribution in [2.24, 2.45) is 0 Å². The van der Waals surface area contributed by atoms with Crippen molar-refractivity contribution in [2.75, 3.05) is 4.90 Å². The molecule has 26 heavy (non-hydrogen) atoms. The van der Waals surface area contributed by atoms with Crippen LogP contribution in [0.3, 0.4) is 0 Å². The average Bonchev–Trinajstić information content (AvgIpc) is 2.97. The fourth-order valence-electron chi connectivity index (χ4n) is 3.08. The summed E-state index contributed by atoms with van der Waals surface area (Å²) in [5.41, 5.74) is 1.78. The van der Waals surface area contributed by atoms with E-state index >= 15 is 0 Å². The van der Waals surface area contributed by atoms with Gasteiger partial charge in [0.05, 0.1) is 11.4 Å². The largest absolute Gasteiger partial charge is 0.355 e. The summed E-state index contributed by atoms with van der Waals surface area (Å²) in [7, 11) is 0. The Labute approximate surface area is 154 Å². The molecule has 0 aliphatic carbocycles. The molecule has 1 saturated heterocycles. The van der Waals surface area contributed by atoms with Crippen molar-refractivity contribution < 1.29 is 19.2 Å². The minimum Gasteiger partial charge on any atom is -0.328 e. The average molecular weight is 368 g/mol. The Morgan fingerprint density at radius 3 is 2.00 bits per heavy atom. The van der Waals surface area contributed by atoms with Gasteiger partial charge in [-0.15, -0.1) is 5.06 Å². The number of anilines is 2. The van der Waals surface area contributed by atoms with Crippen LogP contribution in [0, 0.1) is 0 Å². The van der Waals surface area contributed by atoms with Gasteiger partial charge >= 0.3 is 5.97 Å². The smallest absolute Gasteiger partial charge is 0.328 e. The first-order valence-electron chi connectivity index (χ1n) is 8.29. The van der Waals surface area contributed by atoms with Crippen LogP contribution in [0.2, 0.25) is 0 Å². The summed E-state index contributed by atoms with van der Waals surface area (Å²) in [6, 6.07) is 14.9. The van der Waals surface area contributed by atoms with E-state index in [1.165, 1.54) is 0 Å².